The second-order valence-corrected chi connectivity index (χ2v) is 18.5. The Labute approximate surface area is 341 Å². The Balaban J connectivity index is 1.15. The molecule has 0 N–H and O–H groups in total. The van der Waals surface area contributed by atoms with E-state index >= 15 is 0 Å². The number of fused-ring (bicyclic) bond motifs is 3. The molecule has 8 aromatic rings. The predicted molar refractivity (Wildman–Crippen MR) is 239 cm³/mol. The van der Waals surface area contributed by atoms with E-state index in [4.69, 9.17) is 9.05 Å². The van der Waals surface area contributed by atoms with E-state index in [0.29, 0.717) is 0 Å². The van der Waals surface area contributed by atoms with E-state index in [2.05, 4.69) is 238 Å². The number of rotatable bonds is 10. The summed E-state index contributed by atoms with van der Waals surface area (Å²) in [7, 11) is -2.14. The highest BCUT2D eigenvalue weighted by Gasteiger charge is 2.47. The van der Waals surface area contributed by atoms with Crippen LogP contribution in [0.15, 0.2) is 215 Å². The summed E-state index contributed by atoms with van der Waals surface area (Å²) in [6, 6.07) is 72.7. The van der Waals surface area contributed by atoms with Gasteiger partial charge in [0.15, 0.2) is 16.3 Å². The van der Waals surface area contributed by atoms with Crippen LogP contribution in [0.25, 0.3) is 11.1 Å². The molecule has 0 bridgehead atoms. The largest absolute Gasteiger partial charge is 0.464 e. The van der Waals surface area contributed by atoms with Crippen molar-refractivity contribution in [1.29, 1.82) is 0 Å². The van der Waals surface area contributed by atoms with Gasteiger partial charge in [0.25, 0.3) is 0 Å². The molecule has 0 aromatic heterocycles. The third-order valence-electron chi connectivity index (χ3n) is 10.0. The summed E-state index contributed by atoms with van der Waals surface area (Å²) in [6.45, 7) is 0. The predicted octanol–water partition coefficient (Wildman–Crippen LogP) is 12.4. The van der Waals surface area contributed by atoms with E-state index in [-0.39, 0.29) is 0 Å². The maximum atomic E-state index is 6.88. The molecule has 0 unspecified atom stereocenters. The van der Waals surface area contributed by atoms with Gasteiger partial charge in [-0.15, -0.1) is 0 Å². The van der Waals surface area contributed by atoms with Crippen LogP contribution in [0.2, 0.25) is 0 Å². The molecule has 0 aliphatic heterocycles. The van der Waals surface area contributed by atoms with Gasteiger partial charge in [-0.1, -0.05) is 176 Å². The molecule has 1 aliphatic rings. The zero-order valence-corrected chi connectivity index (χ0v) is 34.6. The lowest BCUT2D eigenvalue weighted by Gasteiger charge is -2.35. The molecule has 0 radical (unpaired) electrons. The van der Waals surface area contributed by atoms with Crippen LogP contribution in [0.1, 0.15) is 22.3 Å². The molecule has 0 spiro atoms. The fraction of sp³-hybridized carbons (Fsp3) is 0.0204. The van der Waals surface area contributed by atoms with Crippen molar-refractivity contribution < 1.29 is 9.05 Å². The van der Waals surface area contributed by atoms with Crippen molar-refractivity contribution in [2.75, 3.05) is 0 Å². The van der Waals surface area contributed by atoms with Crippen LogP contribution in [0, 0.1) is 0 Å². The summed E-state index contributed by atoms with van der Waals surface area (Å²) in [5.74, 6) is 1.66. The average Bonchev–Trinajstić information content (AvgIpc) is 3.56. The van der Waals surface area contributed by atoms with Gasteiger partial charge >= 0.3 is 0 Å². The minimum Gasteiger partial charge on any atom is -0.464 e. The molecule has 0 heterocycles. The summed E-state index contributed by atoms with van der Waals surface area (Å²) < 4.78 is 15.8. The zero-order valence-electron chi connectivity index (χ0n) is 29.6. The summed E-state index contributed by atoms with van der Waals surface area (Å²) in [5, 5.41) is 4.67. The molecule has 8 aromatic carbocycles. The van der Waals surface area contributed by atoms with Crippen molar-refractivity contribution in [3.8, 4) is 22.6 Å². The minimum absolute atomic E-state index is 0.626. The van der Waals surface area contributed by atoms with Crippen molar-refractivity contribution in [3.05, 3.63) is 237 Å². The van der Waals surface area contributed by atoms with Gasteiger partial charge in [-0.3, -0.25) is 0 Å². The smallest absolute Gasteiger partial charge is 0.150 e. The molecule has 0 fully saturated rings. The van der Waals surface area contributed by atoms with Crippen molar-refractivity contribution >= 4 is 69.4 Å². The van der Waals surface area contributed by atoms with Crippen LogP contribution < -0.4 is 30.3 Å². The monoisotopic (exact) mass is 874 g/mol. The van der Waals surface area contributed by atoms with E-state index in [1.165, 1.54) is 43.5 Å². The molecule has 2 nitrogen and oxygen atoms in total. The van der Waals surface area contributed by atoms with E-state index in [1.54, 1.807) is 0 Å². The van der Waals surface area contributed by atoms with Crippen molar-refractivity contribution in [2.45, 2.75) is 5.41 Å². The molecule has 6 heteroatoms. The van der Waals surface area contributed by atoms with Crippen LogP contribution in [0.4, 0.5) is 0 Å². The molecule has 0 amide bonds. The molecule has 55 heavy (non-hydrogen) atoms. The number of hydrogen-bond acceptors (Lipinski definition) is 2. The third kappa shape index (κ3) is 6.77. The minimum atomic E-state index is -1.07. The van der Waals surface area contributed by atoms with Gasteiger partial charge in [0.2, 0.25) is 0 Å². The summed E-state index contributed by atoms with van der Waals surface area (Å²) >= 11 is 7.94. The summed E-state index contributed by atoms with van der Waals surface area (Å²) in [5.41, 5.74) is 6.55. The Morgan fingerprint density at radius 2 is 0.745 bits per heavy atom. The van der Waals surface area contributed by atoms with E-state index < -0.39 is 21.7 Å². The first-order valence-corrected chi connectivity index (χ1v) is 22.2. The van der Waals surface area contributed by atoms with Crippen LogP contribution >= 0.6 is 48.2 Å². The fourth-order valence-corrected chi connectivity index (χ4v) is 12.0. The number of benzene rings is 8. The fourth-order valence-electron chi connectivity index (χ4n) is 7.59. The molecular weight excluding hydrogens is 842 g/mol. The lowest BCUT2D eigenvalue weighted by atomic mass is 9.67. The van der Waals surface area contributed by atoms with Gasteiger partial charge in [0.05, 0.1) is 5.41 Å². The lowest BCUT2D eigenvalue weighted by Crippen LogP contribution is -2.29. The quantitative estimate of drug-likeness (QED) is 0.127. The lowest BCUT2D eigenvalue weighted by molar-refractivity contribution is 0.626. The first-order valence-electron chi connectivity index (χ1n) is 18.1. The normalized spacial score (nSPS) is 12.7. The second-order valence-electron chi connectivity index (χ2n) is 13.2. The van der Waals surface area contributed by atoms with E-state index in [0.717, 1.165) is 31.6 Å². The SMILES string of the molecule is Brc1ccc2c(c1Br)C(c1ccc(OP(c3ccccc3)c3ccccc3)cc1)(c1ccc(OP(c3ccccc3)c3ccccc3)cc1)c1ccccc1-2. The molecule has 0 atom stereocenters. The first-order chi connectivity index (χ1) is 27.1. The maximum absolute atomic E-state index is 6.88. The van der Waals surface area contributed by atoms with Crippen LogP contribution in [0.3, 0.4) is 0 Å². The van der Waals surface area contributed by atoms with Gasteiger partial charge < -0.3 is 9.05 Å². The highest BCUT2D eigenvalue weighted by Crippen LogP contribution is 2.59. The first kappa shape index (κ1) is 35.9. The Hall–Kier alpha value is -4.82. The van der Waals surface area contributed by atoms with Crippen molar-refractivity contribution in [1.82, 2.24) is 0 Å². The van der Waals surface area contributed by atoms with Crippen LogP contribution in [-0.2, 0) is 5.41 Å². The molecule has 266 valence electrons. The summed E-state index contributed by atoms with van der Waals surface area (Å²) in [4.78, 5) is 0. The highest BCUT2D eigenvalue weighted by molar-refractivity contribution is 9.13. The molecule has 1 aliphatic carbocycles. The third-order valence-corrected chi connectivity index (χ3v) is 15.9. The van der Waals surface area contributed by atoms with Gasteiger partial charge in [-0.2, -0.15) is 0 Å². The van der Waals surface area contributed by atoms with Gasteiger partial charge in [-0.05, 0) is 95.6 Å². The number of halogens is 2. The van der Waals surface area contributed by atoms with Crippen molar-refractivity contribution in [3.63, 3.8) is 0 Å². The van der Waals surface area contributed by atoms with E-state index in [1.807, 2.05) is 0 Å². The van der Waals surface area contributed by atoms with E-state index in [9.17, 15) is 0 Å². The zero-order chi connectivity index (χ0) is 37.2. The van der Waals surface area contributed by atoms with Crippen LogP contribution in [0.5, 0.6) is 11.5 Å². The highest BCUT2D eigenvalue weighted by atomic mass is 79.9. The standard InChI is InChI=1S/C49H34Br2O2P2/c50-46-34-33-44-43-23-13-14-24-45(43)49(47(44)48(46)51,35-25-29-37(30-26-35)52-54(39-15-5-1-6-16-39)40-17-7-2-8-18-40)36-27-31-38(32-28-36)53-55(41-19-9-3-10-20-41)42-21-11-4-12-22-42/h1-34H. The Bertz CT molecular complexity index is 2340. The Morgan fingerprint density at radius 1 is 0.364 bits per heavy atom. The Morgan fingerprint density at radius 3 is 1.16 bits per heavy atom. The second kappa shape index (κ2) is 15.7. The average molecular weight is 877 g/mol. The number of hydrogen-bond donors (Lipinski definition) is 0. The van der Waals surface area contributed by atoms with Gasteiger partial charge in [-0.25, -0.2) is 0 Å². The maximum Gasteiger partial charge on any atom is 0.150 e. The van der Waals surface area contributed by atoms with Gasteiger partial charge in [0, 0.05) is 30.2 Å². The van der Waals surface area contributed by atoms with Crippen LogP contribution in [-0.4, -0.2) is 0 Å². The summed E-state index contributed by atoms with van der Waals surface area (Å²) in [6.07, 6.45) is 0. The molecule has 0 saturated carbocycles. The molecular formula is C49H34Br2O2P2. The molecule has 0 saturated heterocycles. The van der Waals surface area contributed by atoms with Crippen molar-refractivity contribution in [2.24, 2.45) is 0 Å². The topological polar surface area (TPSA) is 18.5 Å². The van der Waals surface area contributed by atoms with Gasteiger partial charge in [0.1, 0.15) is 11.5 Å². The molecule has 9 rings (SSSR count). The Kier molecular flexibility index (Phi) is 10.3.